The minimum absolute atomic E-state index is 0.0567. The predicted molar refractivity (Wildman–Crippen MR) is 178 cm³/mol. The highest BCUT2D eigenvalue weighted by Crippen LogP contribution is 2.33. The number of amides is 2. The highest BCUT2D eigenvalue weighted by atomic mass is 16.6. The number of nitrogens with zero attached hydrogens (tertiary/aromatic N) is 4. The van der Waals surface area contributed by atoms with Crippen molar-refractivity contribution in [1.29, 1.82) is 0 Å². The number of carbonyl (C=O) groups excluding carboxylic acids is 2. The monoisotopic (exact) mass is 624 g/mol. The minimum atomic E-state index is -0.542. The zero-order valence-corrected chi connectivity index (χ0v) is 27.6. The average molecular weight is 625 g/mol. The number of imidazole rings is 1. The van der Waals surface area contributed by atoms with E-state index in [4.69, 9.17) is 19.5 Å². The molecular formula is C36H44N6O4. The molecule has 6 rings (SSSR count). The van der Waals surface area contributed by atoms with Crippen molar-refractivity contribution < 1.29 is 19.1 Å². The predicted octanol–water partition coefficient (Wildman–Crippen LogP) is 6.48. The molecule has 3 atom stereocenters. The maximum Gasteiger partial charge on any atom is 0.410 e. The first-order valence-corrected chi connectivity index (χ1v) is 16.2. The Kier molecular flexibility index (Phi) is 8.45. The van der Waals surface area contributed by atoms with Gasteiger partial charge in [-0.05, 0) is 103 Å². The number of benzene rings is 2. The molecule has 3 aliphatic heterocycles. The van der Waals surface area contributed by atoms with E-state index in [0.29, 0.717) is 19.6 Å². The van der Waals surface area contributed by atoms with Crippen molar-refractivity contribution in [2.45, 2.75) is 96.6 Å². The second-order valence-corrected chi connectivity index (χ2v) is 14.3. The van der Waals surface area contributed by atoms with Gasteiger partial charge in [-0.2, -0.15) is 0 Å². The summed E-state index contributed by atoms with van der Waals surface area (Å²) in [6.45, 7) is 13.3. The lowest BCUT2D eigenvalue weighted by atomic mass is 10.0. The molecule has 1 aromatic heterocycles. The van der Waals surface area contributed by atoms with Gasteiger partial charge in [-0.15, -0.1) is 0 Å². The number of likely N-dealkylation sites (tertiary alicyclic amines) is 2. The third-order valence-electron chi connectivity index (χ3n) is 8.32. The van der Waals surface area contributed by atoms with E-state index in [9.17, 15) is 9.59 Å². The summed E-state index contributed by atoms with van der Waals surface area (Å²) in [5, 5.41) is 3.56. The summed E-state index contributed by atoms with van der Waals surface area (Å²) in [7, 11) is 0. The summed E-state index contributed by atoms with van der Waals surface area (Å²) in [5.41, 5.74) is 3.59. The number of aliphatic imine (C=N–C) groups is 1. The number of rotatable bonds is 3. The number of nitrogens with one attached hydrogen (secondary N) is 2. The Morgan fingerprint density at radius 2 is 1.41 bits per heavy atom. The summed E-state index contributed by atoms with van der Waals surface area (Å²) in [5.74, 6) is 8.19. The van der Waals surface area contributed by atoms with E-state index in [1.54, 1.807) is 9.80 Å². The van der Waals surface area contributed by atoms with E-state index in [0.717, 1.165) is 65.1 Å². The Morgan fingerprint density at radius 1 is 0.826 bits per heavy atom. The van der Waals surface area contributed by atoms with Crippen molar-refractivity contribution in [3.05, 3.63) is 65.0 Å². The molecule has 242 valence electrons. The van der Waals surface area contributed by atoms with Crippen LogP contribution in [0.25, 0.3) is 11.0 Å². The van der Waals surface area contributed by atoms with Crippen LogP contribution in [0.3, 0.4) is 0 Å². The molecule has 2 amide bonds. The van der Waals surface area contributed by atoms with Gasteiger partial charge in [0, 0.05) is 24.2 Å². The van der Waals surface area contributed by atoms with Crippen molar-refractivity contribution in [2.75, 3.05) is 19.6 Å². The lowest BCUT2D eigenvalue weighted by Crippen LogP contribution is -2.46. The van der Waals surface area contributed by atoms with Gasteiger partial charge in [-0.3, -0.25) is 14.8 Å². The SMILES string of the molecule is CC(C)(C)OC(=O)N1CCCC1C1=NCC(c2ccc(C#Cc3ccc4nc(C5CCCN5C(=O)OC(C)(C)C)[nH]c4c3)cc2)N1. The first-order valence-electron chi connectivity index (χ1n) is 16.2. The van der Waals surface area contributed by atoms with Gasteiger partial charge in [-0.1, -0.05) is 24.0 Å². The molecule has 3 unspecified atom stereocenters. The summed E-state index contributed by atoms with van der Waals surface area (Å²) in [6, 6.07) is 14.0. The Labute approximate surface area is 270 Å². The number of ether oxygens (including phenoxy) is 2. The Bertz CT molecular complexity index is 1700. The molecule has 0 spiro atoms. The summed E-state index contributed by atoms with van der Waals surface area (Å²) >= 11 is 0. The van der Waals surface area contributed by atoms with Gasteiger partial charge in [0.05, 0.1) is 35.7 Å². The number of hydrogen-bond donors (Lipinski definition) is 2. The van der Waals surface area contributed by atoms with E-state index < -0.39 is 11.2 Å². The van der Waals surface area contributed by atoms with E-state index in [1.165, 1.54) is 0 Å². The molecule has 2 fully saturated rings. The molecule has 2 aromatic carbocycles. The maximum absolute atomic E-state index is 12.8. The number of carbonyl (C=O) groups is 2. The molecule has 46 heavy (non-hydrogen) atoms. The Hall–Kier alpha value is -4.52. The van der Waals surface area contributed by atoms with E-state index in [-0.39, 0.29) is 30.3 Å². The van der Waals surface area contributed by atoms with Crippen molar-refractivity contribution in [3.63, 3.8) is 0 Å². The normalized spacial score (nSPS) is 21.5. The lowest BCUT2D eigenvalue weighted by molar-refractivity contribution is 0.0216. The molecule has 3 aromatic rings. The number of hydrogen-bond acceptors (Lipinski definition) is 7. The second kappa shape index (κ2) is 12.3. The maximum atomic E-state index is 12.8. The van der Waals surface area contributed by atoms with Gasteiger partial charge in [0.25, 0.3) is 0 Å². The van der Waals surface area contributed by atoms with Crippen molar-refractivity contribution in [1.82, 2.24) is 25.1 Å². The smallest absolute Gasteiger partial charge is 0.410 e. The Balaban J connectivity index is 1.08. The van der Waals surface area contributed by atoms with Crippen molar-refractivity contribution >= 4 is 29.1 Å². The van der Waals surface area contributed by atoms with Gasteiger partial charge < -0.3 is 19.8 Å². The van der Waals surface area contributed by atoms with Crippen molar-refractivity contribution in [3.8, 4) is 11.8 Å². The van der Waals surface area contributed by atoms with E-state index >= 15 is 0 Å². The summed E-state index contributed by atoms with van der Waals surface area (Å²) < 4.78 is 11.3. The summed E-state index contributed by atoms with van der Waals surface area (Å²) in [4.78, 5) is 42.1. The number of H-pyrrole nitrogens is 1. The lowest BCUT2D eigenvalue weighted by Gasteiger charge is -2.29. The highest BCUT2D eigenvalue weighted by molar-refractivity contribution is 5.92. The molecule has 0 saturated carbocycles. The number of aromatic nitrogens is 2. The standard InChI is InChI=1S/C36H44N6O4/c1-35(2,3)45-33(43)41-19-7-9-29(41)31-37-22-28(40-31)25-16-13-23(14-17-25)11-12-24-15-18-26-27(21-24)39-32(38-26)30-10-8-20-42(30)34(44)46-36(4,5)6/h13-18,21,28-30H,7-10,19-20,22H2,1-6H3,(H,37,40)(H,38,39). The van der Waals surface area contributed by atoms with E-state index in [1.807, 2.05) is 71.9 Å². The van der Waals surface area contributed by atoms with Crippen LogP contribution < -0.4 is 5.32 Å². The molecule has 0 aliphatic carbocycles. The van der Waals surface area contributed by atoms with Crippen LogP contribution in [0.15, 0.2) is 47.5 Å². The molecular weight excluding hydrogens is 580 g/mol. The first-order chi connectivity index (χ1) is 21.8. The van der Waals surface area contributed by atoms with Crippen molar-refractivity contribution in [2.24, 2.45) is 4.99 Å². The second-order valence-electron chi connectivity index (χ2n) is 14.3. The average Bonchev–Trinajstić information content (AvgIpc) is 3.79. The number of amidine groups is 1. The third-order valence-corrected chi connectivity index (χ3v) is 8.32. The van der Waals surface area contributed by atoms with Gasteiger partial charge in [0.15, 0.2) is 0 Å². The molecule has 10 nitrogen and oxygen atoms in total. The number of aromatic amines is 1. The van der Waals surface area contributed by atoms with Gasteiger partial charge in [0.1, 0.15) is 22.9 Å². The fraction of sp³-hybridized carbons (Fsp3) is 0.500. The molecule has 2 saturated heterocycles. The van der Waals surface area contributed by atoms with Gasteiger partial charge in [-0.25, -0.2) is 14.6 Å². The topological polar surface area (TPSA) is 112 Å². The largest absolute Gasteiger partial charge is 0.444 e. The highest BCUT2D eigenvalue weighted by Gasteiger charge is 2.38. The number of fused-ring (bicyclic) bond motifs is 1. The first kappa shape index (κ1) is 31.5. The van der Waals surface area contributed by atoms with Crippen LogP contribution in [0.4, 0.5) is 9.59 Å². The van der Waals surface area contributed by atoms with Crippen LogP contribution in [0.5, 0.6) is 0 Å². The van der Waals surface area contributed by atoms with Gasteiger partial charge >= 0.3 is 12.2 Å². The van der Waals surface area contributed by atoms with Crippen LogP contribution in [-0.4, -0.2) is 74.7 Å². The fourth-order valence-electron chi connectivity index (χ4n) is 6.24. The molecule has 0 bridgehead atoms. The zero-order valence-electron chi connectivity index (χ0n) is 27.6. The molecule has 3 aliphatic rings. The molecule has 10 heteroatoms. The van der Waals surface area contributed by atoms with E-state index in [2.05, 4.69) is 34.3 Å². The van der Waals surface area contributed by atoms with Crippen LogP contribution in [0.2, 0.25) is 0 Å². The van der Waals surface area contributed by atoms with Gasteiger partial charge in [0.2, 0.25) is 0 Å². The third kappa shape index (κ3) is 7.14. The zero-order chi connectivity index (χ0) is 32.6. The minimum Gasteiger partial charge on any atom is -0.444 e. The van der Waals surface area contributed by atoms with Crippen LogP contribution in [0.1, 0.15) is 102 Å². The quantitative estimate of drug-likeness (QED) is 0.323. The Morgan fingerprint density at radius 3 is 2.07 bits per heavy atom. The summed E-state index contributed by atoms with van der Waals surface area (Å²) in [6.07, 6.45) is 2.98. The van der Waals surface area contributed by atoms with Crippen LogP contribution >= 0.6 is 0 Å². The van der Waals surface area contributed by atoms with Crippen LogP contribution in [-0.2, 0) is 9.47 Å². The molecule has 0 radical (unpaired) electrons. The van der Waals surface area contributed by atoms with Crippen LogP contribution in [0, 0.1) is 11.8 Å². The fourth-order valence-corrected chi connectivity index (χ4v) is 6.24. The molecule has 2 N–H and O–H groups in total. The molecule has 4 heterocycles.